The van der Waals surface area contributed by atoms with Crippen molar-refractivity contribution in [3.8, 4) is 11.3 Å². The molecule has 5 heteroatoms. The highest BCUT2D eigenvalue weighted by atomic mass is 35.5. The highest BCUT2D eigenvalue weighted by molar-refractivity contribution is 7.14. The third-order valence-corrected chi connectivity index (χ3v) is 4.26. The number of nitrogens with two attached hydrogens (primary N) is 1. The molecule has 2 rings (SSSR count). The van der Waals surface area contributed by atoms with E-state index in [0.717, 1.165) is 41.4 Å². The van der Waals surface area contributed by atoms with Gasteiger partial charge in [0.25, 0.3) is 0 Å². The Morgan fingerprint density at radius 2 is 2.12 bits per heavy atom. The van der Waals surface area contributed by atoms with Crippen LogP contribution in [0.1, 0.15) is 17.8 Å². The molecule has 2 heterocycles. The number of rotatable bonds is 5. The van der Waals surface area contributed by atoms with Gasteiger partial charge in [0.15, 0.2) is 0 Å². The molecule has 86 valence electrons. The van der Waals surface area contributed by atoms with Crippen molar-refractivity contribution < 1.29 is 0 Å². The van der Waals surface area contributed by atoms with E-state index in [-0.39, 0.29) is 0 Å². The Hall–Kier alpha value is -0.420. The Morgan fingerprint density at radius 3 is 2.81 bits per heavy atom. The highest BCUT2D eigenvalue weighted by Gasteiger charge is 2.06. The van der Waals surface area contributed by atoms with Crippen molar-refractivity contribution in [2.24, 2.45) is 5.73 Å². The molecule has 0 unspecified atom stereocenters. The second kappa shape index (κ2) is 5.77. The zero-order chi connectivity index (χ0) is 11.4. The Labute approximate surface area is 108 Å². The Morgan fingerprint density at radius 1 is 1.25 bits per heavy atom. The molecule has 0 spiro atoms. The van der Waals surface area contributed by atoms with Gasteiger partial charge in [-0.15, -0.1) is 22.7 Å². The third kappa shape index (κ3) is 3.04. The van der Waals surface area contributed by atoms with Crippen LogP contribution in [0, 0.1) is 0 Å². The van der Waals surface area contributed by atoms with E-state index in [1.54, 1.807) is 22.7 Å². The molecule has 2 nitrogen and oxygen atoms in total. The van der Waals surface area contributed by atoms with Gasteiger partial charge >= 0.3 is 0 Å². The summed E-state index contributed by atoms with van der Waals surface area (Å²) < 4.78 is 0.813. The van der Waals surface area contributed by atoms with E-state index < -0.39 is 0 Å². The maximum Gasteiger partial charge on any atom is 0.0935 e. The lowest BCUT2D eigenvalue weighted by Crippen LogP contribution is -1.98. The minimum absolute atomic E-state index is 0.762. The second-order valence-electron chi connectivity index (χ2n) is 3.51. The molecule has 2 aromatic rings. The maximum atomic E-state index is 5.90. The molecule has 2 aromatic heterocycles. The van der Waals surface area contributed by atoms with Gasteiger partial charge in [-0.05, 0) is 31.9 Å². The molecular weight excluding hydrogens is 260 g/mol. The van der Waals surface area contributed by atoms with Crippen LogP contribution < -0.4 is 5.73 Å². The molecule has 0 saturated heterocycles. The molecule has 2 N–H and O–H groups in total. The molecule has 0 saturated carbocycles. The summed E-state index contributed by atoms with van der Waals surface area (Å²) in [5.74, 6) is 0. The van der Waals surface area contributed by atoms with Crippen molar-refractivity contribution >= 4 is 34.3 Å². The molecule has 0 aliphatic rings. The zero-order valence-corrected chi connectivity index (χ0v) is 11.2. The second-order valence-corrected chi connectivity index (χ2v) is 6.00. The van der Waals surface area contributed by atoms with Crippen LogP contribution in [0.3, 0.4) is 0 Å². The third-order valence-electron chi connectivity index (χ3n) is 2.26. The van der Waals surface area contributed by atoms with E-state index in [0.29, 0.717) is 0 Å². The first kappa shape index (κ1) is 12.0. The topological polar surface area (TPSA) is 38.9 Å². The smallest absolute Gasteiger partial charge is 0.0935 e. The van der Waals surface area contributed by atoms with Crippen LogP contribution in [0.15, 0.2) is 16.8 Å². The number of thiophene rings is 1. The summed E-state index contributed by atoms with van der Waals surface area (Å²) in [6.45, 7) is 0.762. The lowest BCUT2D eigenvalue weighted by molar-refractivity contribution is 0.742. The fraction of sp³-hybridized carbons (Fsp3) is 0.364. The summed E-state index contributed by atoms with van der Waals surface area (Å²) >= 11 is 9.16. The Kier molecular flexibility index (Phi) is 4.35. The quantitative estimate of drug-likeness (QED) is 0.841. The minimum atomic E-state index is 0.762. The minimum Gasteiger partial charge on any atom is -0.330 e. The van der Waals surface area contributed by atoms with Crippen LogP contribution >= 0.6 is 34.3 Å². The predicted octanol–water partition coefficient (Wildman–Crippen LogP) is 3.81. The lowest BCUT2D eigenvalue weighted by Gasteiger charge is -1.94. The molecule has 0 fully saturated rings. The fourth-order valence-electron chi connectivity index (χ4n) is 1.42. The molecule has 0 radical (unpaired) electrons. The van der Waals surface area contributed by atoms with Crippen molar-refractivity contribution in [1.29, 1.82) is 0 Å². The molecule has 0 bridgehead atoms. The molecule has 0 amide bonds. The van der Waals surface area contributed by atoms with Crippen molar-refractivity contribution in [3.05, 3.63) is 26.2 Å². The monoisotopic (exact) mass is 272 g/mol. The van der Waals surface area contributed by atoms with Gasteiger partial charge in [-0.1, -0.05) is 11.6 Å². The molecule has 16 heavy (non-hydrogen) atoms. The van der Waals surface area contributed by atoms with Gasteiger partial charge in [0.2, 0.25) is 0 Å². The summed E-state index contributed by atoms with van der Waals surface area (Å²) in [6, 6.07) is 1.96. The molecule has 0 aliphatic heterocycles. The normalized spacial score (nSPS) is 10.9. The number of halogens is 1. The van der Waals surface area contributed by atoms with Gasteiger partial charge in [-0.3, -0.25) is 0 Å². The Balaban J connectivity index is 2.02. The van der Waals surface area contributed by atoms with Gasteiger partial charge in [0.1, 0.15) is 0 Å². The average Bonchev–Trinajstić information content (AvgIpc) is 2.87. The van der Waals surface area contributed by atoms with E-state index >= 15 is 0 Å². The predicted molar refractivity (Wildman–Crippen MR) is 72.4 cm³/mol. The van der Waals surface area contributed by atoms with Crippen LogP contribution in [0.2, 0.25) is 4.34 Å². The first-order chi connectivity index (χ1) is 7.79. The summed E-state index contributed by atoms with van der Waals surface area (Å²) in [5, 5.41) is 5.32. The van der Waals surface area contributed by atoms with E-state index in [1.165, 1.54) is 5.01 Å². The van der Waals surface area contributed by atoms with Crippen molar-refractivity contribution in [2.45, 2.75) is 19.3 Å². The van der Waals surface area contributed by atoms with Crippen LogP contribution in [-0.4, -0.2) is 11.5 Å². The average molecular weight is 273 g/mol. The van der Waals surface area contributed by atoms with Crippen molar-refractivity contribution in [1.82, 2.24) is 4.98 Å². The number of nitrogens with zero attached hydrogens (tertiary/aromatic N) is 1. The van der Waals surface area contributed by atoms with Crippen LogP contribution in [0.25, 0.3) is 11.3 Å². The lowest BCUT2D eigenvalue weighted by atomic mass is 10.2. The number of unbranched alkanes of at least 4 members (excludes halogenated alkanes) is 1. The van der Waals surface area contributed by atoms with E-state index in [1.807, 2.05) is 11.4 Å². The maximum absolute atomic E-state index is 5.90. The van der Waals surface area contributed by atoms with Crippen LogP contribution in [-0.2, 0) is 6.42 Å². The number of aromatic nitrogens is 1. The van der Waals surface area contributed by atoms with E-state index in [4.69, 9.17) is 17.3 Å². The van der Waals surface area contributed by atoms with Crippen LogP contribution in [0.5, 0.6) is 0 Å². The van der Waals surface area contributed by atoms with E-state index in [9.17, 15) is 0 Å². The molecule has 0 aliphatic carbocycles. The molecule has 0 aromatic carbocycles. The molecular formula is C11H13ClN2S2. The summed E-state index contributed by atoms with van der Waals surface area (Å²) in [6.07, 6.45) is 3.22. The van der Waals surface area contributed by atoms with Gasteiger partial charge in [0, 0.05) is 16.3 Å². The van der Waals surface area contributed by atoms with Crippen molar-refractivity contribution in [3.63, 3.8) is 0 Å². The highest BCUT2D eigenvalue weighted by Crippen LogP contribution is 2.29. The van der Waals surface area contributed by atoms with Gasteiger partial charge in [0.05, 0.1) is 15.0 Å². The first-order valence-corrected chi connectivity index (χ1v) is 7.32. The summed E-state index contributed by atoms with van der Waals surface area (Å²) in [5.41, 5.74) is 7.62. The van der Waals surface area contributed by atoms with Gasteiger partial charge < -0.3 is 5.73 Å². The van der Waals surface area contributed by atoms with Crippen LogP contribution in [0.4, 0.5) is 0 Å². The van der Waals surface area contributed by atoms with Crippen molar-refractivity contribution in [2.75, 3.05) is 6.54 Å². The largest absolute Gasteiger partial charge is 0.330 e. The zero-order valence-electron chi connectivity index (χ0n) is 8.78. The fourth-order valence-corrected chi connectivity index (χ4v) is 3.15. The standard InChI is InChI=1S/C11H13ClN2S2/c12-10-5-8(6-15-10)9-7-16-11(14-9)3-1-2-4-13/h5-7H,1-4,13H2. The van der Waals surface area contributed by atoms with Gasteiger partial charge in [-0.2, -0.15) is 0 Å². The number of thiazole rings is 1. The SMILES string of the molecule is NCCCCc1nc(-c2csc(Cl)c2)cs1. The van der Waals surface area contributed by atoms with E-state index in [2.05, 4.69) is 10.4 Å². The van der Waals surface area contributed by atoms with Gasteiger partial charge in [-0.25, -0.2) is 4.98 Å². The number of hydrogen-bond acceptors (Lipinski definition) is 4. The first-order valence-electron chi connectivity index (χ1n) is 5.18. The number of aryl methyl sites for hydroxylation is 1. The summed E-state index contributed by atoms with van der Waals surface area (Å²) in [4.78, 5) is 4.59. The number of hydrogen-bond donors (Lipinski definition) is 1. The summed E-state index contributed by atoms with van der Waals surface area (Å²) in [7, 11) is 0. The Bertz CT molecular complexity index is 450. The molecule has 0 atom stereocenters.